The van der Waals surface area contributed by atoms with Gasteiger partial charge >= 0.3 is 5.97 Å². The molecule has 0 bridgehead atoms. The van der Waals surface area contributed by atoms with Crippen molar-refractivity contribution < 1.29 is 14.7 Å². The van der Waals surface area contributed by atoms with Crippen LogP contribution in [0.4, 0.5) is 0 Å². The van der Waals surface area contributed by atoms with Crippen molar-refractivity contribution in [1.29, 1.82) is 0 Å². The number of amides is 1. The van der Waals surface area contributed by atoms with Crippen LogP contribution in [0.5, 0.6) is 0 Å². The van der Waals surface area contributed by atoms with Gasteiger partial charge < -0.3 is 15.7 Å². The maximum atomic E-state index is 12.3. The Labute approximate surface area is 115 Å². The van der Waals surface area contributed by atoms with E-state index in [0.29, 0.717) is 13.0 Å². The first-order valence-electron chi connectivity index (χ1n) is 7.27. The summed E-state index contributed by atoms with van der Waals surface area (Å²) in [5, 5.41) is 15.2. The second-order valence-corrected chi connectivity index (χ2v) is 5.45. The molecule has 2 unspecified atom stereocenters. The number of carboxylic acids is 1. The van der Waals surface area contributed by atoms with Gasteiger partial charge in [0.05, 0.1) is 11.3 Å². The zero-order valence-electron chi connectivity index (χ0n) is 12.0. The molecule has 0 aromatic rings. The molecule has 0 aromatic heterocycles. The summed E-state index contributed by atoms with van der Waals surface area (Å²) in [6.45, 7) is 5.87. The molecule has 2 atom stereocenters. The standard InChI is InChI=1S/C14H26N2O3/c1-3-6-11(12(17)18)9-16-13(19)14(4-2)7-5-8-15-10-14/h11,15H,3-10H2,1-2H3,(H,16,19)(H,17,18). The van der Waals surface area contributed by atoms with Crippen LogP contribution in [0.25, 0.3) is 0 Å². The predicted molar refractivity (Wildman–Crippen MR) is 73.9 cm³/mol. The van der Waals surface area contributed by atoms with Gasteiger partial charge in [-0.3, -0.25) is 9.59 Å². The van der Waals surface area contributed by atoms with E-state index >= 15 is 0 Å². The van der Waals surface area contributed by atoms with E-state index in [1.807, 2.05) is 13.8 Å². The van der Waals surface area contributed by atoms with Gasteiger partial charge in [0, 0.05) is 13.1 Å². The molecule has 0 saturated carbocycles. The van der Waals surface area contributed by atoms with Crippen molar-refractivity contribution in [3.05, 3.63) is 0 Å². The van der Waals surface area contributed by atoms with Crippen molar-refractivity contribution in [2.75, 3.05) is 19.6 Å². The van der Waals surface area contributed by atoms with E-state index in [9.17, 15) is 9.59 Å². The van der Waals surface area contributed by atoms with Gasteiger partial charge in [0.2, 0.25) is 5.91 Å². The lowest BCUT2D eigenvalue weighted by atomic mass is 9.77. The number of carboxylic acid groups (broad SMARTS) is 1. The molecule has 5 heteroatoms. The highest BCUT2D eigenvalue weighted by Crippen LogP contribution is 2.30. The fourth-order valence-electron chi connectivity index (χ4n) is 2.69. The lowest BCUT2D eigenvalue weighted by Gasteiger charge is -2.35. The van der Waals surface area contributed by atoms with Gasteiger partial charge in [-0.1, -0.05) is 20.3 Å². The predicted octanol–water partition coefficient (Wildman–Crippen LogP) is 1.38. The number of piperidine rings is 1. The zero-order valence-corrected chi connectivity index (χ0v) is 12.0. The Balaban J connectivity index is 2.54. The van der Waals surface area contributed by atoms with Crippen LogP contribution in [0.3, 0.4) is 0 Å². The molecule has 1 aliphatic heterocycles. The smallest absolute Gasteiger partial charge is 0.308 e. The van der Waals surface area contributed by atoms with Gasteiger partial charge in [-0.2, -0.15) is 0 Å². The highest BCUT2D eigenvalue weighted by molar-refractivity contribution is 5.83. The molecule has 1 amide bonds. The summed E-state index contributed by atoms with van der Waals surface area (Å²) in [6.07, 6.45) is 4.09. The summed E-state index contributed by atoms with van der Waals surface area (Å²) < 4.78 is 0. The summed E-state index contributed by atoms with van der Waals surface area (Å²) in [7, 11) is 0. The maximum Gasteiger partial charge on any atom is 0.308 e. The highest BCUT2D eigenvalue weighted by Gasteiger charge is 2.37. The van der Waals surface area contributed by atoms with Crippen molar-refractivity contribution in [2.24, 2.45) is 11.3 Å². The summed E-state index contributed by atoms with van der Waals surface area (Å²) >= 11 is 0. The lowest BCUT2D eigenvalue weighted by Crippen LogP contribution is -2.51. The van der Waals surface area contributed by atoms with Crippen LogP contribution in [-0.2, 0) is 9.59 Å². The molecule has 0 aliphatic carbocycles. The second kappa shape index (κ2) is 7.48. The molecule has 5 nitrogen and oxygen atoms in total. The van der Waals surface area contributed by atoms with Crippen LogP contribution in [0.2, 0.25) is 0 Å². The Hall–Kier alpha value is -1.10. The first-order chi connectivity index (χ1) is 9.05. The number of hydrogen-bond acceptors (Lipinski definition) is 3. The topological polar surface area (TPSA) is 78.4 Å². The fraction of sp³-hybridized carbons (Fsp3) is 0.857. The van der Waals surface area contributed by atoms with Crippen LogP contribution in [0, 0.1) is 11.3 Å². The maximum absolute atomic E-state index is 12.3. The molecular formula is C14H26N2O3. The number of carbonyl (C=O) groups is 2. The SMILES string of the molecule is CCCC(CNC(=O)C1(CC)CCCNC1)C(=O)O. The van der Waals surface area contributed by atoms with E-state index in [2.05, 4.69) is 10.6 Å². The quantitative estimate of drug-likeness (QED) is 0.653. The van der Waals surface area contributed by atoms with E-state index in [1.54, 1.807) is 0 Å². The highest BCUT2D eigenvalue weighted by atomic mass is 16.4. The van der Waals surface area contributed by atoms with Crippen LogP contribution in [0.15, 0.2) is 0 Å². The van der Waals surface area contributed by atoms with E-state index in [1.165, 1.54) is 0 Å². The molecule has 1 fully saturated rings. The van der Waals surface area contributed by atoms with Crippen molar-refractivity contribution in [3.63, 3.8) is 0 Å². The van der Waals surface area contributed by atoms with Gasteiger partial charge in [-0.25, -0.2) is 0 Å². The normalized spacial score (nSPS) is 24.7. The van der Waals surface area contributed by atoms with Crippen molar-refractivity contribution in [1.82, 2.24) is 10.6 Å². The average molecular weight is 270 g/mol. The molecule has 1 heterocycles. The number of nitrogens with one attached hydrogen (secondary N) is 2. The Morgan fingerprint density at radius 3 is 2.63 bits per heavy atom. The zero-order chi connectivity index (χ0) is 14.3. The van der Waals surface area contributed by atoms with E-state index in [4.69, 9.17) is 5.11 Å². The Kier molecular flexibility index (Phi) is 6.28. The van der Waals surface area contributed by atoms with Gasteiger partial charge in [-0.15, -0.1) is 0 Å². The molecule has 1 aliphatic rings. The molecule has 19 heavy (non-hydrogen) atoms. The van der Waals surface area contributed by atoms with Gasteiger partial charge in [0.1, 0.15) is 0 Å². The fourth-order valence-corrected chi connectivity index (χ4v) is 2.69. The molecule has 110 valence electrons. The van der Waals surface area contributed by atoms with Crippen molar-refractivity contribution in [3.8, 4) is 0 Å². The Morgan fingerprint density at radius 2 is 2.16 bits per heavy atom. The Morgan fingerprint density at radius 1 is 1.42 bits per heavy atom. The third-order valence-electron chi connectivity index (χ3n) is 4.13. The summed E-state index contributed by atoms with van der Waals surface area (Å²) in [5.41, 5.74) is -0.354. The van der Waals surface area contributed by atoms with Gasteiger partial charge in [0.25, 0.3) is 0 Å². The number of rotatable bonds is 7. The first kappa shape index (κ1) is 16.0. The third-order valence-corrected chi connectivity index (χ3v) is 4.13. The van der Waals surface area contributed by atoms with Crippen LogP contribution in [0.1, 0.15) is 46.0 Å². The minimum atomic E-state index is -0.825. The first-order valence-corrected chi connectivity index (χ1v) is 7.27. The van der Waals surface area contributed by atoms with Gasteiger partial charge in [0.15, 0.2) is 0 Å². The Bertz CT molecular complexity index is 312. The molecule has 0 radical (unpaired) electrons. The molecule has 1 rings (SSSR count). The van der Waals surface area contributed by atoms with E-state index in [0.717, 1.165) is 32.2 Å². The van der Waals surface area contributed by atoms with Gasteiger partial charge in [-0.05, 0) is 32.2 Å². The third kappa shape index (κ3) is 4.20. The van der Waals surface area contributed by atoms with Crippen LogP contribution >= 0.6 is 0 Å². The molecule has 3 N–H and O–H groups in total. The number of carbonyl (C=O) groups excluding carboxylic acids is 1. The van der Waals surface area contributed by atoms with E-state index in [-0.39, 0.29) is 17.9 Å². The molecular weight excluding hydrogens is 244 g/mol. The minimum Gasteiger partial charge on any atom is -0.481 e. The number of hydrogen-bond donors (Lipinski definition) is 3. The second-order valence-electron chi connectivity index (χ2n) is 5.45. The monoisotopic (exact) mass is 270 g/mol. The van der Waals surface area contributed by atoms with Crippen molar-refractivity contribution in [2.45, 2.75) is 46.0 Å². The number of aliphatic carboxylic acids is 1. The summed E-state index contributed by atoms with van der Waals surface area (Å²) in [6, 6.07) is 0. The van der Waals surface area contributed by atoms with Crippen molar-refractivity contribution >= 4 is 11.9 Å². The van der Waals surface area contributed by atoms with Crippen LogP contribution < -0.4 is 10.6 Å². The average Bonchev–Trinajstić information content (AvgIpc) is 2.43. The minimum absolute atomic E-state index is 0.00422. The summed E-state index contributed by atoms with van der Waals surface area (Å²) in [5.74, 6) is -1.29. The summed E-state index contributed by atoms with van der Waals surface area (Å²) in [4.78, 5) is 23.4. The largest absolute Gasteiger partial charge is 0.481 e. The lowest BCUT2D eigenvalue weighted by molar-refractivity contribution is -0.142. The molecule has 1 saturated heterocycles. The molecule has 0 aromatic carbocycles. The molecule has 0 spiro atoms. The van der Waals surface area contributed by atoms with Crippen LogP contribution in [-0.4, -0.2) is 36.6 Å². The van der Waals surface area contributed by atoms with E-state index < -0.39 is 11.9 Å².